The number of nitrogens with zero attached hydrogens (tertiary/aromatic N) is 2. The molecule has 5 aromatic carbocycles. The molecule has 0 N–H and O–H groups in total. The fourth-order valence-corrected chi connectivity index (χ4v) is 8.45. The summed E-state index contributed by atoms with van der Waals surface area (Å²) in [4.78, 5) is 0. The zero-order valence-electron chi connectivity index (χ0n) is 28.1. The summed E-state index contributed by atoms with van der Waals surface area (Å²) in [6, 6.07) is 41.0. The molecule has 0 bridgehead atoms. The van der Waals surface area contributed by atoms with Crippen molar-refractivity contribution in [3.8, 4) is 16.8 Å². The predicted octanol–water partition coefficient (Wildman–Crippen LogP) is 13.1. The first-order valence-corrected chi connectivity index (χ1v) is 18.1. The lowest BCUT2D eigenvalue weighted by Crippen LogP contribution is -2.02. The number of rotatable bonds is 5. The molecule has 240 valence electrons. The third-order valence-electron chi connectivity index (χ3n) is 10.9. The van der Waals surface area contributed by atoms with Crippen LogP contribution in [-0.4, -0.2) is 9.13 Å². The van der Waals surface area contributed by atoms with Crippen LogP contribution in [0.5, 0.6) is 0 Å². The van der Waals surface area contributed by atoms with Gasteiger partial charge in [-0.2, -0.15) is 0 Å². The second-order valence-corrected chi connectivity index (χ2v) is 13.8. The molecular weight excluding hydrogens is 605 g/mol. The first-order chi connectivity index (χ1) is 24.8. The van der Waals surface area contributed by atoms with Crippen LogP contribution < -0.4 is 0 Å². The molecule has 2 nitrogen and oxygen atoms in total. The highest BCUT2D eigenvalue weighted by molar-refractivity contribution is 6.13. The van der Waals surface area contributed by atoms with E-state index in [4.69, 9.17) is 0 Å². The highest BCUT2D eigenvalue weighted by Crippen LogP contribution is 2.40. The fraction of sp³-hybridized carbons (Fsp3) is 0.125. The average molecular weight is 643 g/mol. The van der Waals surface area contributed by atoms with E-state index >= 15 is 0 Å². The van der Waals surface area contributed by atoms with Crippen LogP contribution in [0.3, 0.4) is 0 Å². The Balaban J connectivity index is 1.08. The van der Waals surface area contributed by atoms with E-state index in [9.17, 15) is 0 Å². The fourth-order valence-electron chi connectivity index (χ4n) is 8.45. The Bertz CT molecular complexity index is 2680. The van der Waals surface area contributed by atoms with E-state index in [1.165, 1.54) is 88.4 Å². The Labute approximate surface area is 293 Å². The van der Waals surface area contributed by atoms with Crippen LogP contribution in [0, 0.1) is 0 Å². The standard InChI is InChI=1S/C48H38N2/c1-3-12-33(13-4-1)35-22-26-39(27-23-35)49-45-20-9-7-18-41(45)43-31-37(24-28-47(43)49)38-25-29-48-44(32-38)42-19-8-10-21-46(42)50(48)40-17-11-16-36(30-40)34-14-5-2-6-15-34/h1,3,5,7-10,12,14-16,18-32H,2,4,6,11,13,17H2. The summed E-state index contributed by atoms with van der Waals surface area (Å²) in [6.45, 7) is 0. The van der Waals surface area contributed by atoms with Crippen molar-refractivity contribution in [3.63, 3.8) is 0 Å². The van der Waals surface area contributed by atoms with Crippen molar-refractivity contribution in [1.82, 2.24) is 9.13 Å². The maximum absolute atomic E-state index is 2.51. The SMILES string of the molecule is C1=CCCC(c2ccc(-n3c4ccccc4c4cc(-c5ccc6c(c5)c5ccccc5n6C5=CC(C6=CCCC=C6)=CCC5)ccc43)cc2)=C1. The normalized spacial score (nSPS) is 16.2. The van der Waals surface area contributed by atoms with Crippen molar-refractivity contribution in [1.29, 1.82) is 0 Å². The number of fused-ring (bicyclic) bond motifs is 6. The van der Waals surface area contributed by atoms with Crippen LogP contribution in [-0.2, 0) is 0 Å². The Morgan fingerprint density at radius 3 is 1.78 bits per heavy atom. The van der Waals surface area contributed by atoms with Gasteiger partial charge >= 0.3 is 0 Å². The van der Waals surface area contributed by atoms with Gasteiger partial charge in [0, 0.05) is 32.9 Å². The Morgan fingerprint density at radius 1 is 0.460 bits per heavy atom. The lowest BCUT2D eigenvalue weighted by molar-refractivity contribution is 0.962. The van der Waals surface area contributed by atoms with E-state index in [1.807, 2.05) is 0 Å². The van der Waals surface area contributed by atoms with Crippen molar-refractivity contribution in [2.24, 2.45) is 0 Å². The molecule has 0 saturated heterocycles. The molecule has 50 heavy (non-hydrogen) atoms. The molecule has 2 heterocycles. The Morgan fingerprint density at radius 2 is 1.10 bits per heavy atom. The minimum Gasteiger partial charge on any atom is -0.313 e. The molecule has 2 heteroatoms. The molecule has 2 aromatic heterocycles. The van der Waals surface area contributed by atoms with Crippen LogP contribution in [0.4, 0.5) is 0 Å². The molecule has 0 unspecified atom stereocenters. The number of benzene rings is 5. The van der Waals surface area contributed by atoms with E-state index < -0.39 is 0 Å². The molecule has 10 rings (SSSR count). The van der Waals surface area contributed by atoms with Crippen molar-refractivity contribution >= 4 is 54.9 Å². The Kier molecular flexibility index (Phi) is 6.94. The van der Waals surface area contributed by atoms with Gasteiger partial charge in [-0.15, -0.1) is 0 Å². The summed E-state index contributed by atoms with van der Waals surface area (Å²) in [5.41, 5.74) is 15.5. The summed E-state index contributed by atoms with van der Waals surface area (Å²) in [6.07, 6.45) is 25.1. The molecule has 0 radical (unpaired) electrons. The zero-order valence-corrected chi connectivity index (χ0v) is 28.1. The van der Waals surface area contributed by atoms with Gasteiger partial charge in [0.1, 0.15) is 0 Å². The third-order valence-corrected chi connectivity index (χ3v) is 10.9. The van der Waals surface area contributed by atoms with E-state index in [0.29, 0.717) is 0 Å². The number of allylic oxidation sites excluding steroid dienone is 12. The van der Waals surface area contributed by atoms with E-state index in [2.05, 4.69) is 167 Å². The maximum atomic E-state index is 2.51. The van der Waals surface area contributed by atoms with Gasteiger partial charge in [-0.25, -0.2) is 0 Å². The molecule has 0 fully saturated rings. The van der Waals surface area contributed by atoms with Crippen LogP contribution in [0.2, 0.25) is 0 Å². The number of hydrogen-bond donors (Lipinski definition) is 0. The van der Waals surface area contributed by atoms with Crippen LogP contribution >= 0.6 is 0 Å². The van der Waals surface area contributed by atoms with Crippen molar-refractivity contribution in [3.05, 3.63) is 175 Å². The topological polar surface area (TPSA) is 9.86 Å². The summed E-state index contributed by atoms with van der Waals surface area (Å²) in [5, 5.41) is 5.17. The molecule has 0 amide bonds. The predicted molar refractivity (Wildman–Crippen MR) is 214 cm³/mol. The largest absolute Gasteiger partial charge is 0.313 e. The molecule has 0 saturated carbocycles. The van der Waals surface area contributed by atoms with Crippen molar-refractivity contribution in [2.45, 2.75) is 38.5 Å². The summed E-state index contributed by atoms with van der Waals surface area (Å²) in [7, 11) is 0. The molecule has 0 atom stereocenters. The van der Waals surface area contributed by atoms with Gasteiger partial charge in [-0.1, -0.05) is 103 Å². The maximum Gasteiger partial charge on any atom is 0.0541 e. The second kappa shape index (κ2) is 11.9. The van der Waals surface area contributed by atoms with Crippen LogP contribution in [0.1, 0.15) is 44.1 Å². The molecule has 7 aromatic rings. The van der Waals surface area contributed by atoms with Gasteiger partial charge in [0.15, 0.2) is 0 Å². The highest BCUT2D eigenvalue weighted by Gasteiger charge is 2.19. The van der Waals surface area contributed by atoms with E-state index in [1.54, 1.807) is 0 Å². The van der Waals surface area contributed by atoms with Crippen molar-refractivity contribution in [2.75, 3.05) is 0 Å². The van der Waals surface area contributed by atoms with Gasteiger partial charge in [0.25, 0.3) is 0 Å². The number of hydrogen-bond acceptors (Lipinski definition) is 0. The summed E-state index contributed by atoms with van der Waals surface area (Å²) < 4.78 is 4.93. The smallest absolute Gasteiger partial charge is 0.0541 e. The lowest BCUT2D eigenvalue weighted by atomic mass is 9.94. The van der Waals surface area contributed by atoms with E-state index in [0.717, 1.165) is 38.5 Å². The number of aromatic nitrogens is 2. The molecule has 0 aliphatic heterocycles. The van der Waals surface area contributed by atoms with Gasteiger partial charge < -0.3 is 9.13 Å². The zero-order chi connectivity index (χ0) is 33.0. The third kappa shape index (κ3) is 4.78. The van der Waals surface area contributed by atoms with Crippen molar-refractivity contribution < 1.29 is 0 Å². The first kappa shape index (κ1) is 29.1. The summed E-state index contributed by atoms with van der Waals surface area (Å²) >= 11 is 0. The van der Waals surface area contributed by atoms with E-state index in [-0.39, 0.29) is 0 Å². The lowest BCUT2D eigenvalue weighted by Gasteiger charge is -2.19. The van der Waals surface area contributed by atoms with Gasteiger partial charge in [-0.3, -0.25) is 0 Å². The molecular formula is C48H38N2. The molecule has 0 spiro atoms. The highest BCUT2D eigenvalue weighted by atomic mass is 15.0. The van der Waals surface area contributed by atoms with Crippen LogP contribution in [0.25, 0.3) is 71.7 Å². The minimum atomic E-state index is 1.04. The number of para-hydroxylation sites is 2. The van der Waals surface area contributed by atoms with Crippen LogP contribution in [0.15, 0.2) is 169 Å². The Hall–Kier alpha value is -5.86. The minimum absolute atomic E-state index is 1.04. The van der Waals surface area contributed by atoms with Gasteiger partial charge in [0.2, 0.25) is 0 Å². The molecule has 3 aliphatic carbocycles. The first-order valence-electron chi connectivity index (χ1n) is 18.1. The quantitative estimate of drug-likeness (QED) is 0.177. The average Bonchev–Trinajstić information content (AvgIpc) is 3.71. The second-order valence-electron chi connectivity index (χ2n) is 13.8. The van der Waals surface area contributed by atoms with Gasteiger partial charge in [-0.05, 0) is 127 Å². The van der Waals surface area contributed by atoms with Gasteiger partial charge in [0.05, 0.1) is 22.1 Å². The summed E-state index contributed by atoms with van der Waals surface area (Å²) in [5.74, 6) is 0. The molecule has 3 aliphatic rings. The monoisotopic (exact) mass is 642 g/mol.